The highest BCUT2D eigenvalue weighted by Gasteiger charge is 2.17. The van der Waals surface area contributed by atoms with E-state index in [4.69, 9.17) is 9.47 Å². The second-order valence-electron chi connectivity index (χ2n) is 8.38. The Kier molecular flexibility index (Phi) is 8.25. The van der Waals surface area contributed by atoms with Crippen LogP contribution in [0.4, 0.5) is 0 Å². The molecule has 0 fully saturated rings. The maximum atomic E-state index is 13.2. The Morgan fingerprint density at radius 1 is 1.08 bits per heavy atom. The van der Waals surface area contributed by atoms with Crippen LogP contribution in [0.1, 0.15) is 29.3 Å². The molecule has 9 nitrogen and oxygen atoms in total. The Balaban J connectivity index is 1.60. The summed E-state index contributed by atoms with van der Waals surface area (Å²) in [5.74, 6) is 0.140. The molecule has 192 valence electrons. The van der Waals surface area contributed by atoms with Gasteiger partial charge in [0.05, 0.1) is 20.5 Å². The van der Waals surface area contributed by atoms with Crippen molar-refractivity contribution >= 4 is 28.8 Å². The van der Waals surface area contributed by atoms with Crippen LogP contribution in [-0.4, -0.2) is 46.7 Å². The number of aromatic nitrogens is 3. The first-order valence-corrected chi connectivity index (χ1v) is 12.1. The van der Waals surface area contributed by atoms with E-state index in [0.29, 0.717) is 30.0 Å². The maximum Gasteiger partial charge on any atom is 0.267 e. The first-order valence-electron chi connectivity index (χ1n) is 12.1. The van der Waals surface area contributed by atoms with Crippen molar-refractivity contribution in [3.05, 3.63) is 84.2 Å². The van der Waals surface area contributed by atoms with Crippen LogP contribution in [0.5, 0.6) is 11.5 Å². The average Bonchev–Trinajstić information content (AvgIpc) is 3.58. The topological polar surface area (TPSA) is 99.4 Å². The highest BCUT2D eigenvalue weighted by atomic mass is 16.5. The molecule has 0 saturated heterocycles. The molecule has 0 aliphatic heterocycles. The summed E-state index contributed by atoms with van der Waals surface area (Å²) in [4.78, 5) is 30.5. The molecule has 0 aliphatic carbocycles. The van der Waals surface area contributed by atoms with E-state index in [-0.39, 0.29) is 11.6 Å². The second-order valence-corrected chi connectivity index (χ2v) is 8.38. The van der Waals surface area contributed by atoms with Crippen LogP contribution < -0.4 is 20.1 Å². The zero-order valence-corrected chi connectivity index (χ0v) is 21.2. The quantitative estimate of drug-likeness (QED) is 0.240. The number of nitrogens with one attached hydrogen (secondary N) is 2. The molecule has 4 rings (SSSR count). The lowest BCUT2D eigenvalue weighted by molar-refractivity contribution is -0.117. The number of aryl methyl sites for hydroxylation is 2. The molecular weight excluding hydrogens is 470 g/mol. The lowest BCUT2D eigenvalue weighted by Crippen LogP contribution is -2.35. The van der Waals surface area contributed by atoms with Gasteiger partial charge in [-0.05, 0) is 43.7 Å². The van der Waals surface area contributed by atoms with Crippen LogP contribution in [0, 0.1) is 0 Å². The standard InChI is InChI=1S/C28H31N5O4/c1-4-33-18-21(22-8-5-6-9-24(22)33)16-23(28(35)30-12-7-14-32-15-13-29-19-32)31-27(34)20-10-11-25(36-2)26(17-20)37-3/h5-6,8-11,13,15-19H,4,7,12,14H2,1-3H3,(H,30,35)(H,31,34)/b23-16-. The summed E-state index contributed by atoms with van der Waals surface area (Å²) in [6.07, 6.45) is 9.75. The molecule has 9 heteroatoms. The SMILES string of the molecule is CCn1cc(/C=C(\NC(=O)c2ccc(OC)c(OC)c2)C(=O)NCCCn2ccnc2)c2ccccc21. The number of benzene rings is 2. The number of imidazole rings is 1. The Hall–Kier alpha value is -4.53. The number of fused-ring (bicyclic) bond motifs is 1. The monoisotopic (exact) mass is 501 g/mol. The minimum atomic E-state index is -0.431. The van der Waals surface area contributed by atoms with Gasteiger partial charge < -0.3 is 29.2 Å². The third-order valence-electron chi connectivity index (χ3n) is 6.04. The average molecular weight is 502 g/mol. The summed E-state index contributed by atoms with van der Waals surface area (Å²) in [6.45, 7) is 4.01. The van der Waals surface area contributed by atoms with Gasteiger partial charge in [-0.2, -0.15) is 0 Å². The minimum absolute atomic E-state index is 0.154. The molecule has 2 amide bonds. The highest BCUT2D eigenvalue weighted by Crippen LogP contribution is 2.28. The molecule has 0 spiro atoms. The molecule has 0 radical (unpaired) electrons. The Labute approximate surface area is 215 Å². The number of hydrogen-bond acceptors (Lipinski definition) is 5. The predicted octanol–water partition coefficient (Wildman–Crippen LogP) is 3.85. The summed E-state index contributed by atoms with van der Waals surface area (Å²) in [7, 11) is 3.04. The summed E-state index contributed by atoms with van der Waals surface area (Å²) in [5.41, 5.74) is 2.39. The molecular formula is C28H31N5O4. The van der Waals surface area contributed by atoms with Crippen molar-refractivity contribution in [3.63, 3.8) is 0 Å². The van der Waals surface area contributed by atoms with E-state index in [1.54, 1.807) is 36.8 Å². The van der Waals surface area contributed by atoms with E-state index < -0.39 is 5.91 Å². The Morgan fingerprint density at radius 2 is 1.89 bits per heavy atom. The zero-order chi connectivity index (χ0) is 26.2. The van der Waals surface area contributed by atoms with Crippen LogP contribution in [0.25, 0.3) is 17.0 Å². The van der Waals surface area contributed by atoms with Crippen molar-refractivity contribution in [2.75, 3.05) is 20.8 Å². The maximum absolute atomic E-state index is 13.2. The van der Waals surface area contributed by atoms with Gasteiger partial charge in [-0.3, -0.25) is 9.59 Å². The number of para-hydroxylation sites is 1. The first kappa shape index (κ1) is 25.6. The number of rotatable bonds is 11. The van der Waals surface area contributed by atoms with Crippen LogP contribution in [-0.2, 0) is 17.9 Å². The van der Waals surface area contributed by atoms with Crippen molar-refractivity contribution in [2.45, 2.75) is 26.4 Å². The molecule has 0 unspecified atom stereocenters. The van der Waals surface area contributed by atoms with E-state index in [1.165, 1.54) is 14.2 Å². The smallest absolute Gasteiger partial charge is 0.267 e. The molecule has 0 bridgehead atoms. The fourth-order valence-corrected chi connectivity index (χ4v) is 4.12. The van der Waals surface area contributed by atoms with Gasteiger partial charge in [0.25, 0.3) is 11.8 Å². The second kappa shape index (κ2) is 11.9. The van der Waals surface area contributed by atoms with E-state index in [1.807, 2.05) is 41.2 Å². The van der Waals surface area contributed by atoms with Crippen molar-refractivity contribution in [1.82, 2.24) is 24.8 Å². The van der Waals surface area contributed by atoms with Gasteiger partial charge in [-0.1, -0.05) is 18.2 Å². The van der Waals surface area contributed by atoms with Gasteiger partial charge in [-0.15, -0.1) is 0 Å². The van der Waals surface area contributed by atoms with Gasteiger partial charge >= 0.3 is 0 Å². The summed E-state index contributed by atoms with van der Waals surface area (Å²) in [5, 5.41) is 6.73. The van der Waals surface area contributed by atoms with Crippen molar-refractivity contribution in [3.8, 4) is 11.5 Å². The van der Waals surface area contributed by atoms with Crippen LogP contribution in [0.3, 0.4) is 0 Å². The van der Waals surface area contributed by atoms with Crippen molar-refractivity contribution < 1.29 is 19.1 Å². The fourth-order valence-electron chi connectivity index (χ4n) is 4.12. The minimum Gasteiger partial charge on any atom is -0.493 e. The molecule has 0 saturated carbocycles. The number of nitrogens with zero attached hydrogens (tertiary/aromatic N) is 3. The normalized spacial score (nSPS) is 11.4. The third-order valence-corrected chi connectivity index (χ3v) is 6.04. The summed E-state index contributed by atoms with van der Waals surface area (Å²) >= 11 is 0. The Morgan fingerprint density at radius 3 is 2.62 bits per heavy atom. The number of hydrogen-bond donors (Lipinski definition) is 2. The molecule has 37 heavy (non-hydrogen) atoms. The lowest BCUT2D eigenvalue weighted by Gasteiger charge is -2.13. The summed E-state index contributed by atoms with van der Waals surface area (Å²) < 4.78 is 14.6. The van der Waals surface area contributed by atoms with Crippen LogP contribution in [0.2, 0.25) is 0 Å². The first-order chi connectivity index (χ1) is 18.0. The van der Waals surface area contributed by atoms with Gasteiger partial charge in [0.1, 0.15) is 5.70 Å². The predicted molar refractivity (Wildman–Crippen MR) is 142 cm³/mol. The number of carbonyl (C=O) groups excluding carboxylic acids is 2. The highest BCUT2D eigenvalue weighted by molar-refractivity contribution is 6.06. The van der Waals surface area contributed by atoms with E-state index >= 15 is 0 Å². The molecule has 2 aromatic carbocycles. The van der Waals surface area contributed by atoms with E-state index in [2.05, 4.69) is 27.1 Å². The molecule has 0 atom stereocenters. The van der Waals surface area contributed by atoms with Gasteiger partial charge in [-0.25, -0.2) is 4.98 Å². The van der Waals surface area contributed by atoms with Gasteiger partial charge in [0.2, 0.25) is 0 Å². The lowest BCUT2D eigenvalue weighted by atomic mass is 10.1. The summed E-state index contributed by atoms with van der Waals surface area (Å²) in [6, 6.07) is 12.8. The zero-order valence-electron chi connectivity index (χ0n) is 21.2. The van der Waals surface area contributed by atoms with Crippen molar-refractivity contribution in [2.24, 2.45) is 0 Å². The van der Waals surface area contributed by atoms with Crippen LogP contribution in [0.15, 0.2) is 73.1 Å². The largest absolute Gasteiger partial charge is 0.493 e. The third kappa shape index (κ3) is 6.00. The van der Waals surface area contributed by atoms with E-state index in [0.717, 1.165) is 29.6 Å². The van der Waals surface area contributed by atoms with Gasteiger partial charge in [0, 0.05) is 60.3 Å². The molecule has 2 N–H and O–H groups in total. The number of carbonyl (C=O) groups is 2. The number of methoxy groups -OCH3 is 2. The van der Waals surface area contributed by atoms with Crippen LogP contribution >= 0.6 is 0 Å². The number of amides is 2. The molecule has 2 heterocycles. The fraction of sp³-hybridized carbons (Fsp3) is 0.250. The van der Waals surface area contributed by atoms with Gasteiger partial charge in [0.15, 0.2) is 11.5 Å². The van der Waals surface area contributed by atoms with Crippen molar-refractivity contribution in [1.29, 1.82) is 0 Å². The Bertz CT molecular complexity index is 1410. The molecule has 0 aliphatic rings. The number of ether oxygens (including phenoxy) is 2. The molecule has 4 aromatic rings. The molecule has 2 aromatic heterocycles. The van der Waals surface area contributed by atoms with E-state index in [9.17, 15) is 9.59 Å².